The Hall–Kier alpha value is -2.80. The zero-order valence-electron chi connectivity index (χ0n) is 13.2. The van der Waals surface area contributed by atoms with Crippen molar-refractivity contribution in [1.29, 1.82) is 0 Å². The molecule has 0 bridgehead atoms. The van der Waals surface area contributed by atoms with E-state index in [0.717, 1.165) is 12.4 Å². The average molecular weight is 297 g/mol. The monoisotopic (exact) mass is 297 g/mol. The van der Waals surface area contributed by atoms with E-state index in [9.17, 15) is 0 Å². The Morgan fingerprint density at radius 2 is 1.87 bits per heavy atom. The number of rotatable bonds is 1. The predicted octanol–water partition coefficient (Wildman–Crippen LogP) is 3.58. The quantitative estimate of drug-likeness (QED) is 0.289. The first-order valence-electron chi connectivity index (χ1n) is 7.37. The molecular formula is C19H16BN3+. The van der Waals surface area contributed by atoms with Crippen molar-refractivity contribution in [3.63, 3.8) is 0 Å². The summed E-state index contributed by atoms with van der Waals surface area (Å²) in [5.74, 6) is 1.16. The van der Waals surface area contributed by atoms with Crippen LogP contribution in [0, 0.1) is 20.4 Å². The Morgan fingerprint density at radius 1 is 1.13 bits per heavy atom. The molecule has 1 aliphatic rings. The normalized spacial score (nSPS) is 11.3. The minimum Gasteiger partial charge on any atom is -0.238 e. The minimum absolute atomic E-state index is 0. The molecule has 4 heteroatoms. The van der Waals surface area contributed by atoms with Gasteiger partial charge in [-0.3, -0.25) is 0 Å². The maximum Gasteiger partial charge on any atom is 0.293 e. The lowest BCUT2D eigenvalue weighted by atomic mass is 10.1. The molecule has 0 fully saturated rings. The van der Waals surface area contributed by atoms with Gasteiger partial charge in [-0.15, -0.1) is 0 Å². The summed E-state index contributed by atoms with van der Waals surface area (Å²) in [6, 6.07) is 12.4. The van der Waals surface area contributed by atoms with Gasteiger partial charge in [0, 0.05) is 14.0 Å². The maximum absolute atomic E-state index is 7.25. The Morgan fingerprint density at radius 3 is 2.57 bits per heavy atom. The molecule has 0 saturated heterocycles. The van der Waals surface area contributed by atoms with Crippen molar-refractivity contribution in [2.24, 2.45) is 0 Å². The van der Waals surface area contributed by atoms with Crippen molar-refractivity contribution >= 4 is 14.1 Å². The summed E-state index contributed by atoms with van der Waals surface area (Å²) in [5.41, 5.74) is 6.89. The topological polar surface area (TPSA) is 13.2 Å². The summed E-state index contributed by atoms with van der Waals surface area (Å²) in [6.07, 6.45) is 4.25. The van der Waals surface area contributed by atoms with E-state index in [1.807, 2.05) is 12.1 Å². The molecule has 0 spiro atoms. The van der Waals surface area contributed by atoms with E-state index >= 15 is 0 Å². The van der Waals surface area contributed by atoms with Crippen molar-refractivity contribution in [2.45, 2.75) is 20.4 Å². The van der Waals surface area contributed by atoms with Gasteiger partial charge in [-0.05, 0) is 31.0 Å². The van der Waals surface area contributed by atoms with Crippen LogP contribution in [-0.4, -0.2) is 13.0 Å². The summed E-state index contributed by atoms with van der Waals surface area (Å²) in [4.78, 5) is 3.57. The second kappa shape index (κ2) is 5.44. The molecule has 4 rings (SSSR count). The van der Waals surface area contributed by atoms with Crippen molar-refractivity contribution in [3.8, 4) is 17.1 Å². The molecule has 3 aromatic rings. The number of aromatic nitrogens is 2. The van der Waals surface area contributed by atoms with Gasteiger partial charge in [0.25, 0.3) is 5.82 Å². The van der Waals surface area contributed by atoms with Gasteiger partial charge in [0.15, 0.2) is 5.69 Å². The first kappa shape index (κ1) is 15.1. The fourth-order valence-electron chi connectivity index (χ4n) is 3.37. The zero-order chi connectivity index (χ0) is 15.3. The number of imidazole rings is 1. The molecule has 1 aromatic heterocycles. The van der Waals surface area contributed by atoms with Crippen LogP contribution in [0.4, 0.5) is 5.69 Å². The number of aryl methyl sites for hydroxylation is 2. The fourth-order valence-corrected chi connectivity index (χ4v) is 3.37. The van der Waals surface area contributed by atoms with E-state index in [2.05, 4.69) is 64.5 Å². The van der Waals surface area contributed by atoms with Gasteiger partial charge in [-0.2, -0.15) is 4.57 Å². The van der Waals surface area contributed by atoms with Gasteiger partial charge in [-0.1, -0.05) is 30.3 Å². The van der Waals surface area contributed by atoms with Gasteiger partial charge < -0.3 is 0 Å². The Labute approximate surface area is 138 Å². The van der Waals surface area contributed by atoms with Crippen LogP contribution in [0.2, 0.25) is 0 Å². The van der Waals surface area contributed by atoms with Gasteiger partial charge in [0.05, 0.1) is 12.1 Å². The third kappa shape index (κ3) is 2.17. The summed E-state index contributed by atoms with van der Waals surface area (Å²) < 4.78 is 4.51. The second-order valence-electron chi connectivity index (χ2n) is 5.81. The Bertz CT molecular complexity index is 927. The highest BCUT2D eigenvalue weighted by atomic mass is 15.2. The molecule has 2 heterocycles. The van der Waals surface area contributed by atoms with E-state index in [-0.39, 0.29) is 8.41 Å². The van der Waals surface area contributed by atoms with Crippen molar-refractivity contribution in [3.05, 3.63) is 76.9 Å². The van der Waals surface area contributed by atoms with Crippen LogP contribution in [0.15, 0.2) is 48.8 Å². The van der Waals surface area contributed by atoms with Gasteiger partial charge >= 0.3 is 0 Å². The van der Waals surface area contributed by atoms with E-state index < -0.39 is 0 Å². The standard InChI is InChI=1S/C19H16N3.B/c1-13-5-4-6-14(2)18(13)22-10-9-21-12-15-7-8-16(20-3)11-17(15)19(21)22;/h4-11H,12H2,1-2H3;/q+1;. The number of hydrogen-bond donors (Lipinski definition) is 0. The third-order valence-corrected chi connectivity index (χ3v) is 4.38. The van der Waals surface area contributed by atoms with Crippen LogP contribution in [0.1, 0.15) is 16.7 Å². The first-order chi connectivity index (χ1) is 10.7. The highest BCUT2D eigenvalue weighted by molar-refractivity contribution is 5.75. The largest absolute Gasteiger partial charge is 0.293 e. The maximum atomic E-state index is 7.25. The first-order valence-corrected chi connectivity index (χ1v) is 7.37. The third-order valence-electron chi connectivity index (χ3n) is 4.38. The summed E-state index contributed by atoms with van der Waals surface area (Å²) in [7, 11) is 0. The zero-order valence-corrected chi connectivity index (χ0v) is 13.2. The molecule has 0 atom stereocenters. The number of benzene rings is 2. The predicted molar refractivity (Wildman–Crippen MR) is 92.0 cm³/mol. The summed E-state index contributed by atoms with van der Waals surface area (Å²) >= 11 is 0. The highest BCUT2D eigenvalue weighted by Gasteiger charge is 2.31. The lowest BCUT2D eigenvalue weighted by molar-refractivity contribution is -0.671. The lowest BCUT2D eigenvalue weighted by Crippen LogP contribution is -2.30. The molecule has 23 heavy (non-hydrogen) atoms. The van der Waals surface area contributed by atoms with Gasteiger partial charge in [0.1, 0.15) is 24.6 Å². The molecule has 0 unspecified atom stereocenters. The molecule has 3 nitrogen and oxygen atoms in total. The van der Waals surface area contributed by atoms with Crippen molar-refractivity contribution < 1.29 is 4.57 Å². The van der Waals surface area contributed by atoms with E-state index in [1.165, 1.54) is 27.9 Å². The molecule has 1 aliphatic heterocycles. The number of nitrogens with zero attached hydrogens (tertiary/aromatic N) is 3. The summed E-state index contributed by atoms with van der Waals surface area (Å²) in [5, 5.41) is 0. The molecular weight excluding hydrogens is 281 g/mol. The van der Waals surface area contributed by atoms with Crippen LogP contribution in [0.25, 0.3) is 21.9 Å². The molecule has 3 radical (unpaired) electrons. The lowest BCUT2D eigenvalue weighted by Gasteiger charge is -2.07. The van der Waals surface area contributed by atoms with Crippen LogP contribution in [-0.2, 0) is 6.54 Å². The molecule has 2 aromatic carbocycles. The molecule has 109 valence electrons. The fraction of sp³-hybridized carbons (Fsp3) is 0.158. The SMILES string of the molecule is [B].[C-]#[N+]c1ccc2c(c1)-c1n(-c3c(C)cccc3C)cc[n+]1C2. The van der Waals surface area contributed by atoms with Gasteiger partial charge in [-0.25, -0.2) is 9.41 Å². The smallest absolute Gasteiger partial charge is 0.238 e. The number of para-hydroxylation sites is 1. The Kier molecular flexibility index (Phi) is 3.57. The van der Waals surface area contributed by atoms with Crippen molar-refractivity contribution in [2.75, 3.05) is 0 Å². The highest BCUT2D eigenvalue weighted by Crippen LogP contribution is 2.33. The van der Waals surface area contributed by atoms with E-state index in [4.69, 9.17) is 6.57 Å². The molecule has 0 aliphatic carbocycles. The summed E-state index contributed by atoms with van der Waals surface area (Å²) in [6.45, 7) is 12.4. The van der Waals surface area contributed by atoms with E-state index in [0.29, 0.717) is 5.69 Å². The average Bonchev–Trinajstić information content (AvgIpc) is 3.06. The Balaban J connectivity index is 0.00000156. The number of fused-ring (bicyclic) bond motifs is 3. The van der Waals surface area contributed by atoms with Gasteiger partial charge in [0.2, 0.25) is 0 Å². The van der Waals surface area contributed by atoms with Crippen LogP contribution in [0.3, 0.4) is 0 Å². The van der Waals surface area contributed by atoms with Crippen LogP contribution in [0.5, 0.6) is 0 Å². The number of hydrogen-bond acceptors (Lipinski definition) is 0. The minimum atomic E-state index is 0. The van der Waals surface area contributed by atoms with E-state index in [1.54, 1.807) is 0 Å². The molecule has 0 amide bonds. The van der Waals surface area contributed by atoms with Crippen LogP contribution >= 0.6 is 0 Å². The van der Waals surface area contributed by atoms with Crippen LogP contribution < -0.4 is 4.57 Å². The van der Waals surface area contributed by atoms with Crippen molar-refractivity contribution in [1.82, 2.24) is 4.57 Å². The molecule has 0 N–H and O–H groups in total. The molecule has 0 saturated carbocycles. The second-order valence-corrected chi connectivity index (χ2v) is 5.81.